The highest BCUT2D eigenvalue weighted by molar-refractivity contribution is 5.63. The van der Waals surface area contributed by atoms with Gasteiger partial charge in [0, 0.05) is 18.4 Å². The number of hydrogen-bond donors (Lipinski definition) is 0. The van der Waals surface area contributed by atoms with Gasteiger partial charge in [-0.15, -0.1) is 0 Å². The summed E-state index contributed by atoms with van der Waals surface area (Å²) in [6.45, 7) is 8.63. The summed E-state index contributed by atoms with van der Waals surface area (Å²) >= 11 is 0. The van der Waals surface area contributed by atoms with Crippen LogP contribution in [0.5, 0.6) is 0 Å². The predicted molar refractivity (Wildman–Crippen MR) is 73.6 cm³/mol. The first kappa shape index (κ1) is 12.8. The minimum absolute atomic E-state index is 1.11. The molecule has 0 fully saturated rings. The average molecular weight is 217 g/mol. The van der Waals surface area contributed by atoms with E-state index in [1.165, 1.54) is 22.5 Å². The summed E-state index contributed by atoms with van der Waals surface area (Å²) in [4.78, 5) is 0. The molecule has 0 atom stereocenters. The molecule has 0 N–H and O–H groups in total. The highest BCUT2D eigenvalue weighted by Gasteiger charge is 2.14. The summed E-state index contributed by atoms with van der Waals surface area (Å²) in [5, 5.41) is 0. The molecule has 1 aromatic rings. The van der Waals surface area contributed by atoms with Crippen LogP contribution in [0.2, 0.25) is 0 Å². The van der Waals surface area contributed by atoms with Crippen LogP contribution in [0.4, 0.5) is 0 Å². The van der Waals surface area contributed by atoms with Crippen LogP contribution in [0, 0.1) is 0 Å². The van der Waals surface area contributed by atoms with Crippen molar-refractivity contribution in [3.63, 3.8) is 0 Å². The van der Waals surface area contributed by atoms with Gasteiger partial charge in [-0.1, -0.05) is 26.0 Å². The Balaban J connectivity index is 3.50. The SMILES string of the molecule is C/C=C\c1c(CC)c(CC)c(/C=C\C)n1C. The first-order valence-electron chi connectivity index (χ1n) is 6.16. The molecule has 1 rings (SSSR count). The van der Waals surface area contributed by atoms with Crippen LogP contribution in [0.15, 0.2) is 12.2 Å². The highest BCUT2D eigenvalue weighted by Crippen LogP contribution is 2.26. The number of rotatable bonds is 4. The summed E-state index contributed by atoms with van der Waals surface area (Å²) in [5.41, 5.74) is 5.71. The minimum Gasteiger partial charge on any atom is -0.344 e. The fourth-order valence-electron chi connectivity index (χ4n) is 2.37. The topological polar surface area (TPSA) is 4.93 Å². The Morgan fingerprint density at radius 3 is 1.50 bits per heavy atom. The standard InChI is InChI=1S/C15H23N/c1-6-10-14-12(8-3)13(9-4)15(11-7-2)16(14)5/h6-7,10-11H,8-9H2,1-5H3/b10-6-,11-7-. The Labute approximate surface area is 99.5 Å². The van der Waals surface area contributed by atoms with E-state index in [2.05, 4.69) is 63.6 Å². The van der Waals surface area contributed by atoms with E-state index in [1.54, 1.807) is 0 Å². The van der Waals surface area contributed by atoms with Crippen LogP contribution in [0.1, 0.15) is 50.2 Å². The second-order valence-electron chi connectivity index (χ2n) is 3.99. The van der Waals surface area contributed by atoms with E-state index >= 15 is 0 Å². The Morgan fingerprint density at radius 2 is 1.25 bits per heavy atom. The van der Waals surface area contributed by atoms with Crippen molar-refractivity contribution in [2.75, 3.05) is 0 Å². The van der Waals surface area contributed by atoms with E-state index in [0.29, 0.717) is 0 Å². The van der Waals surface area contributed by atoms with Gasteiger partial charge in [0.1, 0.15) is 0 Å². The van der Waals surface area contributed by atoms with Gasteiger partial charge in [0.2, 0.25) is 0 Å². The lowest BCUT2D eigenvalue weighted by molar-refractivity contribution is 0.889. The van der Waals surface area contributed by atoms with Gasteiger partial charge in [-0.2, -0.15) is 0 Å². The van der Waals surface area contributed by atoms with E-state index in [1.807, 2.05) is 0 Å². The van der Waals surface area contributed by atoms with Gasteiger partial charge in [-0.3, -0.25) is 0 Å². The van der Waals surface area contributed by atoms with Crippen molar-refractivity contribution in [2.24, 2.45) is 7.05 Å². The third kappa shape index (κ3) is 2.13. The fraction of sp³-hybridized carbons (Fsp3) is 0.467. The zero-order valence-corrected chi connectivity index (χ0v) is 11.2. The minimum atomic E-state index is 1.11. The van der Waals surface area contributed by atoms with E-state index in [9.17, 15) is 0 Å². The average Bonchev–Trinajstić information content (AvgIpc) is 2.54. The molecule has 1 nitrogen and oxygen atoms in total. The smallest absolute Gasteiger partial charge is 0.0440 e. The van der Waals surface area contributed by atoms with E-state index in [4.69, 9.17) is 0 Å². The maximum atomic E-state index is 2.30. The van der Waals surface area contributed by atoms with Gasteiger partial charge in [-0.25, -0.2) is 0 Å². The second-order valence-corrected chi connectivity index (χ2v) is 3.99. The Bertz CT molecular complexity index is 368. The Morgan fingerprint density at radius 1 is 0.875 bits per heavy atom. The highest BCUT2D eigenvalue weighted by atomic mass is 15.0. The molecule has 88 valence electrons. The molecular weight excluding hydrogens is 194 g/mol. The lowest BCUT2D eigenvalue weighted by Gasteiger charge is -2.01. The molecule has 0 aliphatic heterocycles. The van der Waals surface area contributed by atoms with E-state index < -0.39 is 0 Å². The van der Waals surface area contributed by atoms with E-state index in [0.717, 1.165) is 12.8 Å². The number of allylic oxidation sites excluding steroid dienone is 2. The molecule has 0 saturated carbocycles. The van der Waals surface area contributed by atoms with Crippen LogP contribution in [0.25, 0.3) is 12.2 Å². The first-order valence-corrected chi connectivity index (χ1v) is 6.16. The Hall–Kier alpha value is -1.24. The summed E-state index contributed by atoms with van der Waals surface area (Å²) in [6, 6.07) is 0. The molecule has 0 radical (unpaired) electrons. The molecule has 0 aromatic carbocycles. The zero-order valence-electron chi connectivity index (χ0n) is 11.2. The molecule has 0 bridgehead atoms. The van der Waals surface area contributed by atoms with E-state index in [-0.39, 0.29) is 0 Å². The summed E-state index contributed by atoms with van der Waals surface area (Å²) in [5.74, 6) is 0. The monoisotopic (exact) mass is 217 g/mol. The van der Waals surface area contributed by atoms with Gasteiger partial charge < -0.3 is 4.57 Å². The van der Waals surface area contributed by atoms with Crippen molar-refractivity contribution >= 4 is 12.2 Å². The fourth-order valence-corrected chi connectivity index (χ4v) is 2.37. The molecule has 0 spiro atoms. The van der Waals surface area contributed by atoms with Gasteiger partial charge >= 0.3 is 0 Å². The molecule has 16 heavy (non-hydrogen) atoms. The predicted octanol–water partition coefficient (Wildman–Crippen LogP) is 4.22. The summed E-state index contributed by atoms with van der Waals surface area (Å²) in [7, 11) is 2.16. The molecule has 0 unspecified atom stereocenters. The normalized spacial score (nSPS) is 12.1. The van der Waals surface area contributed by atoms with Crippen molar-refractivity contribution < 1.29 is 0 Å². The number of nitrogens with zero attached hydrogens (tertiary/aromatic N) is 1. The largest absolute Gasteiger partial charge is 0.344 e. The maximum Gasteiger partial charge on any atom is 0.0440 e. The summed E-state index contributed by atoms with van der Waals surface area (Å²) in [6.07, 6.45) is 10.9. The van der Waals surface area contributed by atoms with Gasteiger partial charge in [-0.05, 0) is 50.0 Å². The zero-order chi connectivity index (χ0) is 12.1. The molecular formula is C15H23N. The third-order valence-electron chi connectivity index (χ3n) is 3.06. The van der Waals surface area contributed by atoms with Crippen LogP contribution in [-0.2, 0) is 19.9 Å². The first-order chi connectivity index (χ1) is 7.71. The van der Waals surface area contributed by atoms with Crippen molar-refractivity contribution in [1.82, 2.24) is 4.57 Å². The lowest BCUT2D eigenvalue weighted by atomic mass is 10.0. The molecule has 0 saturated heterocycles. The third-order valence-corrected chi connectivity index (χ3v) is 3.06. The molecule has 1 heterocycles. The van der Waals surface area contributed by atoms with Crippen molar-refractivity contribution in [3.05, 3.63) is 34.7 Å². The molecule has 0 aliphatic rings. The van der Waals surface area contributed by atoms with Gasteiger partial charge in [0.15, 0.2) is 0 Å². The molecule has 1 aromatic heterocycles. The number of hydrogen-bond acceptors (Lipinski definition) is 0. The van der Waals surface area contributed by atoms with Crippen molar-refractivity contribution in [3.8, 4) is 0 Å². The second kappa shape index (κ2) is 5.74. The molecule has 0 amide bonds. The maximum absolute atomic E-state index is 2.30. The van der Waals surface area contributed by atoms with Gasteiger partial charge in [0.25, 0.3) is 0 Å². The van der Waals surface area contributed by atoms with Crippen molar-refractivity contribution in [2.45, 2.75) is 40.5 Å². The number of aromatic nitrogens is 1. The van der Waals surface area contributed by atoms with Crippen LogP contribution < -0.4 is 0 Å². The quantitative estimate of drug-likeness (QED) is 0.711. The molecule has 1 heteroatoms. The van der Waals surface area contributed by atoms with Gasteiger partial charge in [0.05, 0.1) is 0 Å². The van der Waals surface area contributed by atoms with Crippen LogP contribution in [0.3, 0.4) is 0 Å². The van der Waals surface area contributed by atoms with Crippen LogP contribution in [-0.4, -0.2) is 4.57 Å². The summed E-state index contributed by atoms with van der Waals surface area (Å²) < 4.78 is 2.30. The lowest BCUT2D eigenvalue weighted by Crippen LogP contribution is -1.94. The van der Waals surface area contributed by atoms with Crippen LogP contribution >= 0.6 is 0 Å². The Kier molecular flexibility index (Phi) is 4.60. The van der Waals surface area contributed by atoms with Crippen molar-refractivity contribution in [1.29, 1.82) is 0 Å². The molecule has 0 aliphatic carbocycles.